The molecule has 1 fully saturated rings. The molecule has 1 saturated heterocycles. The number of anilines is 1. The van der Waals surface area contributed by atoms with Gasteiger partial charge in [0.15, 0.2) is 0 Å². The molecule has 0 atom stereocenters. The topological polar surface area (TPSA) is 66.4 Å². The fourth-order valence-electron chi connectivity index (χ4n) is 4.12. The molecule has 1 aliphatic heterocycles. The van der Waals surface area contributed by atoms with E-state index < -0.39 is 0 Å². The van der Waals surface area contributed by atoms with Crippen molar-refractivity contribution in [3.63, 3.8) is 0 Å². The molecule has 0 amide bonds. The number of benzene rings is 2. The maximum absolute atomic E-state index is 12.7. The van der Waals surface area contributed by atoms with E-state index >= 15 is 0 Å². The lowest BCUT2D eigenvalue weighted by Gasteiger charge is -2.34. The van der Waals surface area contributed by atoms with Crippen LogP contribution in [0.15, 0.2) is 65.6 Å². The molecule has 1 N–H and O–H groups in total. The zero-order valence-electron chi connectivity index (χ0n) is 17.7. The molecule has 2 aromatic carbocycles. The standard InChI is InChI=1S/C24H25N5O2/c1-27-11-13-28(14-12-27)18-9-7-17(8-10-18)24-19-16-29(23(30)15-20(19)25-26-24)21-5-3-4-6-22(21)31-2/h3-10,15-16,25H,11-14H2,1-2H3. The largest absolute Gasteiger partial charge is 0.495 e. The minimum Gasteiger partial charge on any atom is -0.495 e. The van der Waals surface area contributed by atoms with Gasteiger partial charge in [-0.1, -0.05) is 24.3 Å². The maximum Gasteiger partial charge on any atom is 0.257 e. The molecule has 5 rings (SSSR count). The summed E-state index contributed by atoms with van der Waals surface area (Å²) >= 11 is 0. The van der Waals surface area contributed by atoms with Gasteiger partial charge < -0.3 is 14.5 Å². The highest BCUT2D eigenvalue weighted by molar-refractivity contribution is 5.92. The Balaban J connectivity index is 1.53. The monoisotopic (exact) mass is 415 g/mol. The summed E-state index contributed by atoms with van der Waals surface area (Å²) in [4.78, 5) is 17.5. The fourth-order valence-corrected chi connectivity index (χ4v) is 4.12. The number of H-pyrrole nitrogens is 1. The lowest BCUT2D eigenvalue weighted by molar-refractivity contribution is 0.313. The average Bonchev–Trinajstić information content (AvgIpc) is 3.21. The molecule has 0 radical (unpaired) electrons. The van der Waals surface area contributed by atoms with Gasteiger partial charge in [0.1, 0.15) is 11.4 Å². The second kappa shape index (κ2) is 7.92. The highest BCUT2D eigenvalue weighted by atomic mass is 16.5. The predicted octanol–water partition coefficient (Wildman–Crippen LogP) is 3.14. The lowest BCUT2D eigenvalue weighted by Crippen LogP contribution is -2.44. The van der Waals surface area contributed by atoms with Crippen molar-refractivity contribution in [2.75, 3.05) is 45.2 Å². The van der Waals surface area contributed by atoms with Crippen LogP contribution >= 0.6 is 0 Å². The van der Waals surface area contributed by atoms with Crippen molar-refractivity contribution in [3.8, 4) is 22.7 Å². The van der Waals surface area contributed by atoms with Crippen LogP contribution in [0.4, 0.5) is 5.69 Å². The van der Waals surface area contributed by atoms with Gasteiger partial charge in [-0.15, -0.1) is 0 Å². The third-order valence-corrected chi connectivity index (χ3v) is 5.95. The molecule has 4 aromatic rings. The number of nitrogens with zero attached hydrogens (tertiary/aromatic N) is 4. The van der Waals surface area contributed by atoms with E-state index in [4.69, 9.17) is 4.74 Å². The van der Waals surface area contributed by atoms with Gasteiger partial charge in [-0.25, -0.2) is 0 Å². The number of aromatic amines is 1. The SMILES string of the molecule is COc1ccccc1-n1cc2c(-c3ccc(N4CCN(C)CC4)cc3)n[nH]c2cc1=O. The van der Waals surface area contributed by atoms with E-state index in [1.54, 1.807) is 17.7 Å². The van der Waals surface area contributed by atoms with Crippen molar-refractivity contribution < 1.29 is 4.74 Å². The second-order valence-electron chi connectivity index (χ2n) is 7.89. The fraction of sp³-hybridized carbons (Fsp3) is 0.250. The number of likely N-dealkylation sites (N-methyl/N-ethyl adjacent to an activating group) is 1. The summed E-state index contributed by atoms with van der Waals surface area (Å²) in [6, 6.07) is 17.6. The quantitative estimate of drug-likeness (QED) is 0.555. The Morgan fingerprint density at radius 3 is 2.48 bits per heavy atom. The van der Waals surface area contributed by atoms with E-state index in [1.165, 1.54) is 5.69 Å². The van der Waals surface area contributed by atoms with Crippen molar-refractivity contribution in [1.29, 1.82) is 0 Å². The Morgan fingerprint density at radius 2 is 1.74 bits per heavy atom. The van der Waals surface area contributed by atoms with Gasteiger partial charge in [0.2, 0.25) is 0 Å². The number of hydrogen-bond acceptors (Lipinski definition) is 5. The Labute approximate surface area is 180 Å². The number of nitrogens with one attached hydrogen (secondary N) is 1. The first-order chi connectivity index (χ1) is 15.1. The number of pyridine rings is 1. The van der Waals surface area contributed by atoms with E-state index in [0.717, 1.165) is 42.8 Å². The Bertz CT molecular complexity index is 1270. The zero-order chi connectivity index (χ0) is 21.4. The first-order valence-corrected chi connectivity index (χ1v) is 10.4. The number of ether oxygens (including phenoxy) is 1. The molecule has 0 spiro atoms. The summed E-state index contributed by atoms with van der Waals surface area (Å²) in [5, 5.41) is 8.40. The third kappa shape index (κ3) is 3.57. The molecule has 7 nitrogen and oxygen atoms in total. The number of aromatic nitrogens is 3. The number of piperazine rings is 1. The lowest BCUT2D eigenvalue weighted by atomic mass is 10.1. The van der Waals surface area contributed by atoms with Crippen LogP contribution in [0.25, 0.3) is 27.8 Å². The zero-order valence-corrected chi connectivity index (χ0v) is 17.7. The second-order valence-corrected chi connectivity index (χ2v) is 7.89. The maximum atomic E-state index is 12.7. The molecule has 0 saturated carbocycles. The number of hydrogen-bond donors (Lipinski definition) is 1. The van der Waals surface area contributed by atoms with Gasteiger partial charge >= 0.3 is 0 Å². The molecule has 158 valence electrons. The molecule has 3 heterocycles. The average molecular weight is 415 g/mol. The summed E-state index contributed by atoms with van der Waals surface area (Å²) < 4.78 is 7.06. The first-order valence-electron chi connectivity index (χ1n) is 10.4. The van der Waals surface area contributed by atoms with Crippen molar-refractivity contribution in [3.05, 3.63) is 71.1 Å². The van der Waals surface area contributed by atoms with Crippen molar-refractivity contribution >= 4 is 16.6 Å². The molecule has 0 bridgehead atoms. The molecule has 0 unspecified atom stereocenters. The summed E-state index contributed by atoms with van der Waals surface area (Å²) in [6.45, 7) is 4.22. The summed E-state index contributed by atoms with van der Waals surface area (Å²) in [6.07, 6.45) is 1.84. The molecule has 0 aliphatic carbocycles. The first kappa shape index (κ1) is 19.4. The Kier molecular flexibility index (Phi) is 4.95. The number of fused-ring (bicyclic) bond motifs is 1. The van der Waals surface area contributed by atoms with Crippen LogP contribution in [0.1, 0.15) is 0 Å². The van der Waals surface area contributed by atoms with E-state index in [-0.39, 0.29) is 5.56 Å². The van der Waals surface area contributed by atoms with Crippen LogP contribution in [-0.4, -0.2) is 60.0 Å². The van der Waals surface area contributed by atoms with Gasteiger partial charge in [-0.2, -0.15) is 5.10 Å². The van der Waals surface area contributed by atoms with Crippen molar-refractivity contribution in [2.24, 2.45) is 0 Å². The normalized spacial score (nSPS) is 14.8. The Morgan fingerprint density at radius 1 is 1.00 bits per heavy atom. The molecule has 7 heteroatoms. The van der Waals surface area contributed by atoms with Crippen LogP contribution in [0, 0.1) is 0 Å². The number of para-hydroxylation sites is 2. The van der Waals surface area contributed by atoms with Crippen LogP contribution < -0.4 is 15.2 Å². The van der Waals surface area contributed by atoms with Crippen LogP contribution in [0.5, 0.6) is 5.75 Å². The van der Waals surface area contributed by atoms with E-state index in [1.807, 2.05) is 30.5 Å². The van der Waals surface area contributed by atoms with Crippen LogP contribution in [-0.2, 0) is 0 Å². The van der Waals surface area contributed by atoms with E-state index in [0.29, 0.717) is 17.0 Å². The van der Waals surface area contributed by atoms with Gasteiger partial charge in [-0.05, 0) is 31.3 Å². The van der Waals surface area contributed by atoms with Gasteiger partial charge in [0, 0.05) is 55.1 Å². The molecular weight excluding hydrogens is 390 g/mol. The predicted molar refractivity (Wildman–Crippen MR) is 123 cm³/mol. The van der Waals surface area contributed by atoms with Gasteiger partial charge in [-0.3, -0.25) is 14.5 Å². The summed E-state index contributed by atoms with van der Waals surface area (Å²) in [5.74, 6) is 0.644. The minimum absolute atomic E-state index is 0.141. The molecule has 2 aromatic heterocycles. The summed E-state index contributed by atoms with van der Waals surface area (Å²) in [5.41, 5.74) is 4.34. The van der Waals surface area contributed by atoms with Crippen molar-refractivity contribution in [1.82, 2.24) is 19.7 Å². The highest BCUT2D eigenvalue weighted by Crippen LogP contribution is 2.29. The number of rotatable bonds is 4. The van der Waals surface area contributed by atoms with Crippen LogP contribution in [0.2, 0.25) is 0 Å². The van der Waals surface area contributed by atoms with Gasteiger partial charge in [0.25, 0.3) is 5.56 Å². The van der Waals surface area contributed by atoms with Crippen molar-refractivity contribution in [2.45, 2.75) is 0 Å². The van der Waals surface area contributed by atoms with Crippen LogP contribution in [0.3, 0.4) is 0 Å². The molecule has 1 aliphatic rings. The highest BCUT2D eigenvalue weighted by Gasteiger charge is 2.16. The Hall–Kier alpha value is -3.58. The smallest absolute Gasteiger partial charge is 0.257 e. The molecular formula is C24H25N5O2. The van der Waals surface area contributed by atoms with Gasteiger partial charge in [0.05, 0.1) is 18.3 Å². The van der Waals surface area contributed by atoms with E-state index in [9.17, 15) is 4.79 Å². The third-order valence-electron chi connectivity index (χ3n) is 5.95. The minimum atomic E-state index is -0.141. The van der Waals surface area contributed by atoms with E-state index in [2.05, 4.69) is 51.3 Å². The number of methoxy groups -OCH3 is 1. The summed E-state index contributed by atoms with van der Waals surface area (Å²) in [7, 11) is 3.77. The molecule has 31 heavy (non-hydrogen) atoms.